The zero-order valence-electron chi connectivity index (χ0n) is 18.6. The van der Waals surface area contributed by atoms with Crippen molar-refractivity contribution in [2.24, 2.45) is 0 Å². The van der Waals surface area contributed by atoms with Crippen LogP contribution in [0.25, 0.3) is 0 Å². The van der Waals surface area contributed by atoms with E-state index >= 15 is 0 Å². The molecule has 1 heterocycles. The highest BCUT2D eigenvalue weighted by molar-refractivity contribution is 7.92. The van der Waals surface area contributed by atoms with E-state index in [9.17, 15) is 13.2 Å². The number of anilines is 1. The summed E-state index contributed by atoms with van der Waals surface area (Å²) in [5, 5.41) is 0. The van der Waals surface area contributed by atoms with Crippen molar-refractivity contribution in [3.8, 4) is 5.75 Å². The maximum Gasteiger partial charge on any atom is 0.261 e. The highest BCUT2D eigenvalue weighted by atomic mass is 32.2. The predicted octanol–water partition coefficient (Wildman–Crippen LogP) is 4.73. The monoisotopic (exact) mass is 464 g/mol. The van der Waals surface area contributed by atoms with Gasteiger partial charge in [-0.15, -0.1) is 0 Å². The van der Waals surface area contributed by atoms with E-state index in [4.69, 9.17) is 4.74 Å². The molecule has 1 unspecified atom stereocenters. The summed E-state index contributed by atoms with van der Waals surface area (Å²) in [5.74, 6) is 0.618. The Balaban J connectivity index is 1.44. The summed E-state index contributed by atoms with van der Waals surface area (Å²) < 4.78 is 33.5. The third kappa shape index (κ3) is 5.54. The van der Waals surface area contributed by atoms with Crippen LogP contribution >= 0.6 is 0 Å². The maximum absolute atomic E-state index is 13.1. The Kier molecular flexibility index (Phi) is 6.99. The summed E-state index contributed by atoms with van der Waals surface area (Å²) in [6.45, 7) is 3.15. The average molecular weight is 465 g/mol. The summed E-state index contributed by atoms with van der Waals surface area (Å²) in [4.78, 5) is 15.2. The van der Waals surface area contributed by atoms with Gasteiger partial charge in [0.2, 0.25) is 0 Å². The molecular weight excluding hydrogens is 436 g/mol. The molecule has 1 aliphatic heterocycles. The SMILES string of the molecule is CCOc1ccc(NS(=O)(=O)c2ccc(C(=O)N3CCCC3Cc3ccccc3)cc2)cc1. The summed E-state index contributed by atoms with van der Waals surface area (Å²) >= 11 is 0. The largest absolute Gasteiger partial charge is 0.494 e. The molecule has 1 saturated heterocycles. The van der Waals surface area contributed by atoms with E-state index in [1.807, 2.05) is 30.0 Å². The van der Waals surface area contributed by atoms with Gasteiger partial charge in [-0.1, -0.05) is 30.3 Å². The lowest BCUT2D eigenvalue weighted by Crippen LogP contribution is -2.36. The average Bonchev–Trinajstić information content (AvgIpc) is 3.29. The van der Waals surface area contributed by atoms with Crippen LogP contribution in [0.5, 0.6) is 5.75 Å². The third-order valence-corrected chi connectivity index (χ3v) is 7.18. The molecule has 0 aromatic heterocycles. The number of benzene rings is 3. The molecule has 0 radical (unpaired) electrons. The molecule has 0 bridgehead atoms. The lowest BCUT2D eigenvalue weighted by Gasteiger charge is -2.25. The molecule has 6 nitrogen and oxygen atoms in total. The fourth-order valence-corrected chi connectivity index (χ4v) is 5.20. The van der Waals surface area contributed by atoms with Gasteiger partial charge in [0.15, 0.2) is 0 Å². The van der Waals surface area contributed by atoms with Crippen molar-refractivity contribution in [2.45, 2.75) is 37.1 Å². The number of hydrogen-bond acceptors (Lipinski definition) is 4. The minimum atomic E-state index is -3.77. The molecule has 1 aliphatic rings. The van der Waals surface area contributed by atoms with Gasteiger partial charge >= 0.3 is 0 Å². The van der Waals surface area contributed by atoms with Gasteiger partial charge in [0.1, 0.15) is 5.75 Å². The number of hydrogen-bond donors (Lipinski definition) is 1. The molecule has 0 saturated carbocycles. The van der Waals surface area contributed by atoms with Gasteiger partial charge in [0, 0.05) is 23.8 Å². The number of nitrogens with one attached hydrogen (secondary N) is 1. The maximum atomic E-state index is 13.1. The number of carbonyl (C=O) groups is 1. The Bertz CT molecular complexity index is 1180. The quantitative estimate of drug-likeness (QED) is 0.523. The molecule has 0 aliphatic carbocycles. The molecule has 172 valence electrons. The zero-order valence-corrected chi connectivity index (χ0v) is 19.4. The molecule has 1 N–H and O–H groups in total. The van der Waals surface area contributed by atoms with Crippen LogP contribution < -0.4 is 9.46 Å². The summed E-state index contributed by atoms with van der Waals surface area (Å²) in [5.41, 5.74) is 2.15. The standard InChI is InChI=1S/C26H28N2O4S/c1-2-32-24-14-12-22(13-15-24)27-33(30,31)25-16-10-21(11-17-25)26(29)28-18-6-9-23(28)19-20-7-4-3-5-8-20/h3-5,7-8,10-17,23,27H,2,6,9,18-19H2,1H3. The number of likely N-dealkylation sites (tertiary alicyclic amines) is 1. The second kappa shape index (κ2) is 10.1. The molecule has 7 heteroatoms. The van der Waals surface area contributed by atoms with Crippen molar-refractivity contribution in [1.82, 2.24) is 4.90 Å². The van der Waals surface area contributed by atoms with E-state index < -0.39 is 10.0 Å². The number of rotatable bonds is 8. The van der Waals surface area contributed by atoms with Gasteiger partial charge in [0.25, 0.3) is 15.9 Å². The first-order chi connectivity index (χ1) is 16.0. The van der Waals surface area contributed by atoms with Crippen LogP contribution in [0, 0.1) is 0 Å². The van der Waals surface area contributed by atoms with Crippen molar-refractivity contribution >= 4 is 21.6 Å². The lowest BCUT2D eigenvalue weighted by molar-refractivity contribution is 0.0736. The van der Waals surface area contributed by atoms with Gasteiger partial charge < -0.3 is 9.64 Å². The van der Waals surface area contributed by atoms with Crippen LogP contribution in [-0.4, -0.2) is 38.4 Å². The van der Waals surface area contributed by atoms with E-state index in [1.54, 1.807) is 36.4 Å². The van der Waals surface area contributed by atoms with Crippen LogP contribution in [0.4, 0.5) is 5.69 Å². The summed E-state index contributed by atoms with van der Waals surface area (Å²) in [6.07, 6.45) is 2.77. The van der Waals surface area contributed by atoms with Gasteiger partial charge in [-0.2, -0.15) is 0 Å². The first kappa shape index (κ1) is 22.9. The van der Waals surface area contributed by atoms with Gasteiger partial charge in [-0.3, -0.25) is 9.52 Å². The second-order valence-electron chi connectivity index (χ2n) is 8.07. The number of nitrogens with zero attached hydrogens (tertiary/aromatic N) is 1. The Labute approximate surface area is 195 Å². The van der Waals surface area contributed by atoms with Crippen molar-refractivity contribution in [3.63, 3.8) is 0 Å². The topological polar surface area (TPSA) is 75.7 Å². The normalized spacial score (nSPS) is 15.9. The molecule has 0 spiro atoms. The molecule has 1 atom stereocenters. The second-order valence-corrected chi connectivity index (χ2v) is 9.75. The van der Waals surface area contributed by atoms with Crippen LogP contribution in [0.3, 0.4) is 0 Å². The molecule has 4 rings (SSSR count). The first-order valence-corrected chi connectivity index (χ1v) is 12.7. The van der Waals surface area contributed by atoms with E-state index in [0.717, 1.165) is 25.8 Å². The first-order valence-electron chi connectivity index (χ1n) is 11.2. The molecule has 3 aromatic rings. The predicted molar refractivity (Wildman–Crippen MR) is 129 cm³/mol. The minimum Gasteiger partial charge on any atom is -0.494 e. The van der Waals surface area contributed by atoms with Gasteiger partial charge in [0.05, 0.1) is 11.5 Å². The molecular formula is C26H28N2O4S. The highest BCUT2D eigenvalue weighted by Crippen LogP contribution is 2.25. The molecule has 1 fully saturated rings. The van der Waals surface area contributed by atoms with E-state index in [1.165, 1.54) is 17.7 Å². The van der Waals surface area contributed by atoms with E-state index in [2.05, 4.69) is 16.9 Å². The van der Waals surface area contributed by atoms with Crippen LogP contribution in [0.2, 0.25) is 0 Å². The Hall–Kier alpha value is -3.32. The molecule has 1 amide bonds. The zero-order chi connectivity index (χ0) is 23.3. The molecule has 3 aromatic carbocycles. The summed E-state index contributed by atoms with van der Waals surface area (Å²) in [7, 11) is -3.77. The van der Waals surface area contributed by atoms with Crippen molar-refractivity contribution in [1.29, 1.82) is 0 Å². The number of amides is 1. The van der Waals surface area contributed by atoms with Crippen LogP contribution in [0.15, 0.2) is 83.8 Å². The summed E-state index contributed by atoms with van der Waals surface area (Å²) in [6, 6.07) is 23.2. The lowest BCUT2D eigenvalue weighted by atomic mass is 10.0. The highest BCUT2D eigenvalue weighted by Gasteiger charge is 2.29. The smallest absolute Gasteiger partial charge is 0.261 e. The number of ether oxygens (including phenoxy) is 1. The number of carbonyl (C=O) groups excluding carboxylic acids is 1. The van der Waals surface area contributed by atoms with Crippen molar-refractivity contribution in [2.75, 3.05) is 17.9 Å². The Morgan fingerprint density at radius 3 is 2.36 bits per heavy atom. The third-order valence-electron chi connectivity index (χ3n) is 5.78. The molecule has 33 heavy (non-hydrogen) atoms. The van der Waals surface area contributed by atoms with Crippen LogP contribution in [0.1, 0.15) is 35.7 Å². The Morgan fingerprint density at radius 1 is 1.00 bits per heavy atom. The Morgan fingerprint density at radius 2 is 1.70 bits per heavy atom. The van der Waals surface area contributed by atoms with Crippen molar-refractivity contribution < 1.29 is 17.9 Å². The van der Waals surface area contributed by atoms with E-state index in [-0.39, 0.29) is 16.8 Å². The number of sulfonamides is 1. The fourth-order valence-electron chi connectivity index (χ4n) is 4.14. The minimum absolute atomic E-state index is 0.0585. The van der Waals surface area contributed by atoms with E-state index in [0.29, 0.717) is 23.6 Å². The van der Waals surface area contributed by atoms with Gasteiger partial charge in [-0.25, -0.2) is 8.42 Å². The van der Waals surface area contributed by atoms with Crippen molar-refractivity contribution in [3.05, 3.63) is 90.0 Å². The fraction of sp³-hybridized carbons (Fsp3) is 0.269. The van der Waals surface area contributed by atoms with Gasteiger partial charge in [-0.05, 0) is 80.3 Å². The van der Waals surface area contributed by atoms with Crippen LogP contribution in [-0.2, 0) is 16.4 Å².